The number of nitrogens with two attached hydrogens (primary N) is 1. The third-order valence-corrected chi connectivity index (χ3v) is 6.17. The first kappa shape index (κ1) is 21.8. The molecule has 0 atom stereocenters. The fourth-order valence-electron chi connectivity index (χ4n) is 4.59. The van der Waals surface area contributed by atoms with Crippen LogP contribution in [0.3, 0.4) is 0 Å². The third-order valence-electron chi connectivity index (χ3n) is 6.17. The molecule has 2 amide bonds. The first-order chi connectivity index (χ1) is 15.0. The van der Waals surface area contributed by atoms with Crippen molar-refractivity contribution in [2.75, 3.05) is 25.9 Å². The number of hydrogen-bond donors (Lipinski definition) is 2. The Kier molecular flexibility index (Phi) is 5.02. The summed E-state index contributed by atoms with van der Waals surface area (Å²) in [6.07, 6.45) is -2.33. The molecule has 2 aromatic rings. The number of nitrogens with zero attached hydrogens (tertiary/aromatic N) is 3. The van der Waals surface area contributed by atoms with E-state index in [-0.39, 0.29) is 40.0 Å². The lowest BCUT2D eigenvalue weighted by Gasteiger charge is -2.58. The molecule has 4 rings (SSSR count). The number of carbonyl (C=O) groups is 2. The fraction of sp³-hybridized carbons (Fsp3) is 0.381. The smallest absolute Gasteiger partial charge is 0.383 e. The first-order valence-corrected chi connectivity index (χ1v) is 9.88. The van der Waals surface area contributed by atoms with Gasteiger partial charge in [0, 0.05) is 31.1 Å². The van der Waals surface area contributed by atoms with Crippen LogP contribution in [0.5, 0.6) is 0 Å². The van der Waals surface area contributed by atoms with Gasteiger partial charge in [0.25, 0.3) is 5.91 Å². The highest BCUT2D eigenvalue weighted by atomic mass is 19.4. The van der Waals surface area contributed by atoms with E-state index in [1.807, 2.05) is 0 Å². The van der Waals surface area contributed by atoms with Gasteiger partial charge in [0.15, 0.2) is 0 Å². The second-order valence-electron chi connectivity index (χ2n) is 8.29. The molecule has 1 aliphatic heterocycles. The molecule has 0 radical (unpaired) electrons. The zero-order chi connectivity index (χ0) is 23.4. The molecule has 1 saturated heterocycles. The van der Waals surface area contributed by atoms with Crippen LogP contribution in [0, 0.1) is 11.2 Å². The number of halogens is 4. The molecule has 1 aliphatic carbocycles. The maximum absolute atomic E-state index is 13.7. The van der Waals surface area contributed by atoms with Crippen LogP contribution in [0.15, 0.2) is 30.9 Å². The predicted octanol–water partition coefficient (Wildman–Crippen LogP) is 3.00. The molecule has 7 nitrogen and oxygen atoms in total. The van der Waals surface area contributed by atoms with Gasteiger partial charge in [0.2, 0.25) is 5.91 Å². The Morgan fingerprint density at radius 3 is 2.53 bits per heavy atom. The Labute approximate surface area is 180 Å². The number of anilines is 1. The zero-order valence-electron chi connectivity index (χ0n) is 17.2. The maximum atomic E-state index is 13.7. The lowest BCUT2D eigenvalue weighted by Crippen LogP contribution is -2.63. The van der Waals surface area contributed by atoms with Gasteiger partial charge in [-0.2, -0.15) is 18.3 Å². The highest BCUT2D eigenvalue weighted by molar-refractivity contribution is 6.04. The summed E-state index contributed by atoms with van der Waals surface area (Å²) >= 11 is 0. The molecular formula is C21H21F4N5O2. The van der Waals surface area contributed by atoms with Crippen LogP contribution in [0.4, 0.5) is 23.4 Å². The number of carbonyl (C=O) groups excluding carboxylic acids is 2. The van der Waals surface area contributed by atoms with E-state index < -0.39 is 23.5 Å². The van der Waals surface area contributed by atoms with Gasteiger partial charge in [0.05, 0.1) is 11.6 Å². The Morgan fingerprint density at radius 2 is 1.97 bits per heavy atom. The fourth-order valence-corrected chi connectivity index (χ4v) is 4.59. The summed E-state index contributed by atoms with van der Waals surface area (Å²) in [4.78, 5) is 25.8. The summed E-state index contributed by atoms with van der Waals surface area (Å²) < 4.78 is 54.8. The molecule has 170 valence electrons. The number of alkyl halides is 3. The van der Waals surface area contributed by atoms with Gasteiger partial charge in [-0.3, -0.25) is 9.59 Å². The van der Waals surface area contributed by atoms with Crippen molar-refractivity contribution in [3.05, 3.63) is 47.8 Å². The summed E-state index contributed by atoms with van der Waals surface area (Å²) in [7, 11) is 1.37. The van der Waals surface area contributed by atoms with Crippen LogP contribution in [0.2, 0.25) is 0 Å². The Hall–Kier alpha value is -3.37. The van der Waals surface area contributed by atoms with Crippen molar-refractivity contribution < 1.29 is 27.2 Å². The van der Waals surface area contributed by atoms with Crippen LogP contribution in [-0.4, -0.2) is 46.6 Å². The molecule has 1 spiro atoms. The molecule has 1 aromatic carbocycles. The Morgan fingerprint density at radius 1 is 1.31 bits per heavy atom. The van der Waals surface area contributed by atoms with Crippen molar-refractivity contribution in [1.29, 1.82) is 0 Å². The summed E-state index contributed by atoms with van der Waals surface area (Å²) in [6.45, 7) is 4.63. The molecule has 11 heteroatoms. The minimum atomic E-state index is -4.90. The summed E-state index contributed by atoms with van der Waals surface area (Å²) in [5.41, 5.74) is 4.50. The van der Waals surface area contributed by atoms with Gasteiger partial charge in [-0.25, -0.2) is 9.07 Å². The summed E-state index contributed by atoms with van der Waals surface area (Å²) in [5, 5.41) is 6.78. The van der Waals surface area contributed by atoms with Crippen molar-refractivity contribution in [1.82, 2.24) is 20.0 Å². The molecule has 2 aliphatic rings. The van der Waals surface area contributed by atoms with Crippen molar-refractivity contribution >= 4 is 17.6 Å². The highest BCUT2D eigenvalue weighted by Gasteiger charge is 2.54. The predicted molar refractivity (Wildman–Crippen MR) is 108 cm³/mol. The number of rotatable bonds is 4. The van der Waals surface area contributed by atoms with E-state index in [1.165, 1.54) is 17.8 Å². The highest BCUT2D eigenvalue weighted by Crippen LogP contribution is 2.55. The maximum Gasteiger partial charge on any atom is 0.419 e. The number of nitrogens with one attached hydrogen (secondary N) is 1. The van der Waals surface area contributed by atoms with E-state index in [0.717, 1.165) is 6.07 Å². The number of benzene rings is 1. The van der Waals surface area contributed by atoms with E-state index in [1.54, 1.807) is 4.90 Å². The quantitative estimate of drug-likeness (QED) is 0.552. The van der Waals surface area contributed by atoms with Crippen LogP contribution < -0.4 is 11.1 Å². The van der Waals surface area contributed by atoms with E-state index >= 15 is 0 Å². The number of nitrogen functional groups attached to an aromatic ring is 1. The number of hydrogen-bond acceptors (Lipinski definition) is 4. The lowest BCUT2D eigenvalue weighted by molar-refractivity contribution is -0.148. The number of amides is 2. The molecule has 0 unspecified atom stereocenters. The van der Waals surface area contributed by atoms with Gasteiger partial charge in [-0.1, -0.05) is 6.58 Å². The average molecular weight is 451 g/mol. The molecule has 2 fully saturated rings. The van der Waals surface area contributed by atoms with Crippen molar-refractivity contribution in [3.63, 3.8) is 0 Å². The average Bonchev–Trinajstić information content (AvgIpc) is 3.01. The second kappa shape index (κ2) is 7.35. The van der Waals surface area contributed by atoms with Crippen LogP contribution in [0.1, 0.15) is 34.8 Å². The standard InChI is InChI=1S/C21H21F4N5O2/c1-3-15(31)29-9-20(10-29)7-12(8-20)30-18(26)16(19(32)27-2)17(28-30)11-4-5-14(22)13(6-11)21(23,24)25/h3-6,12H,1,7-10,26H2,2H3,(H,27,32). The topological polar surface area (TPSA) is 93.2 Å². The van der Waals surface area contributed by atoms with Gasteiger partial charge in [-0.05, 0) is 37.1 Å². The molecule has 2 heterocycles. The molecule has 3 N–H and O–H groups in total. The molecule has 0 bridgehead atoms. The summed E-state index contributed by atoms with van der Waals surface area (Å²) in [5.74, 6) is -2.14. The van der Waals surface area contributed by atoms with Crippen LogP contribution >= 0.6 is 0 Å². The van der Waals surface area contributed by atoms with E-state index in [0.29, 0.717) is 38.1 Å². The van der Waals surface area contributed by atoms with Gasteiger partial charge in [0.1, 0.15) is 22.9 Å². The molecule has 32 heavy (non-hydrogen) atoms. The second-order valence-corrected chi connectivity index (χ2v) is 8.29. The minimum absolute atomic E-state index is 0.0235. The molecular weight excluding hydrogens is 430 g/mol. The Bertz CT molecular complexity index is 1110. The third kappa shape index (κ3) is 3.41. The Balaban J connectivity index is 1.66. The molecule has 1 aromatic heterocycles. The SMILES string of the molecule is C=CC(=O)N1CC2(CC(n3nc(-c4ccc(F)c(C(F)(F)F)c4)c(C(=O)NC)c3N)C2)C1. The van der Waals surface area contributed by atoms with E-state index in [9.17, 15) is 27.2 Å². The first-order valence-electron chi connectivity index (χ1n) is 9.88. The van der Waals surface area contributed by atoms with Crippen LogP contribution in [0.25, 0.3) is 11.3 Å². The summed E-state index contributed by atoms with van der Waals surface area (Å²) in [6, 6.07) is 2.28. The minimum Gasteiger partial charge on any atom is -0.383 e. The van der Waals surface area contributed by atoms with Crippen LogP contribution in [-0.2, 0) is 11.0 Å². The lowest BCUT2D eigenvalue weighted by atomic mass is 9.60. The normalized spacial score (nSPS) is 17.6. The number of likely N-dealkylation sites (tertiary alicyclic amines) is 1. The van der Waals surface area contributed by atoms with Crippen molar-refractivity contribution in [2.24, 2.45) is 5.41 Å². The van der Waals surface area contributed by atoms with E-state index in [4.69, 9.17) is 5.73 Å². The monoisotopic (exact) mass is 451 g/mol. The van der Waals surface area contributed by atoms with Crippen molar-refractivity contribution in [2.45, 2.75) is 25.1 Å². The molecule has 1 saturated carbocycles. The number of aromatic nitrogens is 2. The van der Waals surface area contributed by atoms with Crippen molar-refractivity contribution in [3.8, 4) is 11.3 Å². The van der Waals surface area contributed by atoms with Gasteiger partial charge in [-0.15, -0.1) is 0 Å². The van der Waals surface area contributed by atoms with E-state index in [2.05, 4.69) is 17.0 Å². The van der Waals surface area contributed by atoms with Gasteiger partial charge >= 0.3 is 6.18 Å². The zero-order valence-corrected chi connectivity index (χ0v) is 17.2. The largest absolute Gasteiger partial charge is 0.419 e. The van der Waals surface area contributed by atoms with Gasteiger partial charge < -0.3 is 16.0 Å².